The van der Waals surface area contributed by atoms with E-state index in [9.17, 15) is 0 Å². The van der Waals surface area contributed by atoms with E-state index in [1.807, 2.05) is 12.2 Å². The molecular weight excluding hydrogens is 319 g/mol. The van der Waals surface area contributed by atoms with Crippen molar-refractivity contribution < 1.29 is 38.6 Å². The van der Waals surface area contributed by atoms with Crippen LogP contribution in [0.15, 0.2) is 35.5 Å². The summed E-state index contributed by atoms with van der Waals surface area (Å²) in [6.07, 6.45) is 15.7. The molecule has 1 atom stereocenters. The maximum absolute atomic E-state index is 3.40. The summed E-state index contributed by atoms with van der Waals surface area (Å²) in [6.45, 7) is 11.1. The number of hydrogen-bond donors (Lipinski definition) is 0. The van der Waals surface area contributed by atoms with Gasteiger partial charge in [-0.1, -0.05) is 46.0 Å². The van der Waals surface area contributed by atoms with E-state index in [-0.39, 0.29) is 38.6 Å². The van der Waals surface area contributed by atoms with Crippen molar-refractivity contribution in [3.05, 3.63) is 47.6 Å². The summed E-state index contributed by atoms with van der Waals surface area (Å²) >= 11 is 0. The summed E-state index contributed by atoms with van der Waals surface area (Å²) in [7, 11) is 0. The SMILES string of the molecule is CC1=[C-]C(C)C=C1C(C)(C)C.[C-]1=CC=CC1.[Cl-].[Zr+2]. The largest absolute Gasteiger partial charge is 2.00 e. The van der Waals surface area contributed by atoms with Crippen LogP contribution in [0.5, 0.6) is 0 Å². The summed E-state index contributed by atoms with van der Waals surface area (Å²) in [6, 6.07) is 0. The number of halogens is 1. The summed E-state index contributed by atoms with van der Waals surface area (Å²) in [5.41, 5.74) is 3.09. The molecule has 0 fully saturated rings. The third kappa shape index (κ3) is 6.90. The molecule has 2 rings (SSSR count). The minimum atomic E-state index is 0. The Kier molecular flexibility index (Phi) is 10.3. The molecule has 0 heterocycles. The standard InChI is InChI=1S/C11H17.C5H5.ClH.Zr/c1-8-6-9(2)10(7-8)11(3,4)5;1-2-4-5-3-1;;/h7-8H,1-5H3;1-3H,4H2;1H;/q2*-1;;+2/p-1. The van der Waals surface area contributed by atoms with Gasteiger partial charge in [0.2, 0.25) is 0 Å². The Hall–Kier alpha value is 0.133. The molecule has 0 aromatic rings. The maximum atomic E-state index is 3.40. The van der Waals surface area contributed by atoms with E-state index in [0.717, 1.165) is 6.42 Å². The summed E-state index contributed by atoms with van der Waals surface area (Å²) in [5.74, 6) is 0.518. The fourth-order valence-corrected chi connectivity index (χ4v) is 1.99. The summed E-state index contributed by atoms with van der Waals surface area (Å²) in [4.78, 5) is 0. The molecule has 0 aliphatic heterocycles. The molecule has 2 aliphatic rings. The molecule has 0 nitrogen and oxygen atoms in total. The second kappa shape index (κ2) is 9.10. The van der Waals surface area contributed by atoms with Crippen LogP contribution < -0.4 is 12.4 Å². The normalized spacial score (nSPS) is 20.2. The van der Waals surface area contributed by atoms with Crippen molar-refractivity contribution >= 4 is 0 Å². The van der Waals surface area contributed by atoms with Gasteiger partial charge in [-0.05, 0) is 0 Å². The van der Waals surface area contributed by atoms with Crippen molar-refractivity contribution in [1.29, 1.82) is 0 Å². The van der Waals surface area contributed by atoms with Gasteiger partial charge < -0.3 is 12.4 Å². The van der Waals surface area contributed by atoms with Gasteiger partial charge in [-0.3, -0.25) is 12.2 Å². The van der Waals surface area contributed by atoms with Crippen LogP contribution in [0.1, 0.15) is 41.0 Å². The number of hydrogen-bond acceptors (Lipinski definition) is 0. The predicted molar refractivity (Wildman–Crippen MR) is 70.7 cm³/mol. The Bertz CT molecular complexity index is 344. The Balaban J connectivity index is 0. The number of allylic oxidation sites excluding steroid dienone is 8. The predicted octanol–water partition coefficient (Wildman–Crippen LogP) is 1.67. The first-order chi connectivity index (χ1) is 7.41. The second-order valence-electron chi connectivity index (χ2n) is 5.39. The van der Waals surface area contributed by atoms with Crippen LogP contribution in [0.25, 0.3) is 0 Å². The van der Waals surface area contributed by atoms with E-state index in [2.05, 4.69) is 58.9 Å². The van der Waals surface area contributed by atoms with Gasteiger partial charge in [0, 0.05) is 0 Å². The van der Waals surface area contributed by atoms with Gasteiger partial charge in [-0.15, -0.1) is 6.42 Å². The molecule has 0 aromatic carbocycles. The van der Waals surface area contributed by atoms with Gasteiger partial charge in [0.25, 0.3) is 0 Å². The number of rotatable bonds is 0. The maximum Gasteiger partial charge on any atom is 2.00 e. The van der Waals surface area contributed by atoms with Crippen LogP contribution >= 0.6 is 0 Å². The van der Waals surface area contributed by atoms with Gasteiger partial charge in [-0.2, -0.15) is 17.7 Å². The van der Waals surface area contributed by atoms with E-state index in [1.54, 1.807) is 0 Å². The van der Waals surface area contributed by atoms with Crippen LogP contribution in [-0.4, -0.2) is 0 Å². The zero-order chi connectivity index (χ0) is 12.2. The molecule has 2 aliphatic carbocycles. The van der Waals surface area contributed by atoms with Crippen molar-refractivity contribution in [2.45, 2.75) is 41.0 Å². The topological polar surface area (TPSA) is 0 Å². The molecule has 0 aromatic heterocycles. The van der Waals surface area contributed by atoms with Crippen molar-refractivity contribution in [1.82, 2.24) is 0 Å². The van der Waals surface area contributed by atoms with E-state index in [1.165, 1.54) is 11.1 Å². The zero-order valence-corrected chi connectivity index (χ0v) is 15.2. The second-order valence-corrected chi connectivity index (χ2v) is 5.39. The first-order valence-electron chi connectivity index (χ1n) is 5.96. The van der Waals surface area contributed by atoms with Gasteiger partial charge in [0.05, 0.1) is 0 Å². The van der Waals surface area contributed by atoms with E-state index >= 15 is 0 Å². The van der Waals surface area contributed by atoms with Gasteiger partial charge in [0.15, 0.2) is 0 Å². The van der Waals surface area contributed by atoms with Crippen LogP contribution in [-0.2, 0) is 26.2 Å². The molecule has 2 heteroatoms. The monoisotopic (exact) mass is 339 g/mol. The van der Waals surface area contributed by atoms with Crippen LogP contribution in [0.4, 0.5) is 0 Å². The Morgan fingerprint density at radius 2 is 1.89 bits per heavy atom. The Labute approximate surface area is 138 Å². The third-order valence-electron chi connectivity index (χ3n) is 2.66. The first kappa shape index (κ1) is 20.5. The van der Waals surface area contributed by atoms with E-state index < -0.39 is 0 Å². The van der Waals surface area contributed by atoms with Gasteiger partial charge >= 0.3 is 26.2 Å². The zero-order valence-electron chi connectivity index (χ0n) is 12.0. The molecule has 98 valence electrons. The molecule has 1 unspecified atom stereocenters. The van der Waals surface area contributed by atoms with E-state index in [4.69, 9.17) is 0 Å². The van der Waals surface area contributed by atoms with Crippen molar-refractivity contribution in [2.24, 2.45) is 11.3 Å². The third-order valence-corrected chi connectivity index (χ3v) is 2.66. The van der Waals surface area contributed by atoms with Crippen LogP contribution in [0.3, 0.4) is 0 Å². The quantitative estimate of drug-likeness (QED) is 0.588. The van der Waals surface area contributed by atoms with E-state index in [0.29, 0.717) is 11.3 Å². The molecule has 0 bridgehead atoms. The molecule has 18 heavy (non-hydrogen) atoms. The van der Waals surface area contributed by atoms with Crippen molar-refractivity contribution in [3.8, 4) is 0 Å². The fourth-order valence-electron chi connectivity index (χ4n) is 1.99. The average molecular weight is 341 g/mol. The Morgan fingerprint density at radius 3 is 2.06 bits per heavy atom. The van der Waals surface area contributed by atoms with Gasteiger partial charge in [-0.25, -0.2) is 17.7 Å². The Morgan fingerprint density at radius 1 is 1.28 bits per heavy atom. The molecule has 0 spiro atoms. The molecule has 0 saturated carbocycles. The van der Waals surface area contributed by atoms with Crippen LogP contribution in [0, 0.1) is 23.5 Å². The average Bonchev–Trinajstić information content (AvgIpc) is 2.75. The molecular formula is C16H22ClZr-. The van der Waals surface area contributed by atoms with Crippen molar-refractivity contribution in [2.75, 3.05) is 0 Å². The molecule has 0 N–H and O–H groups in total. The first-order valence-corrected chi connectivity index (χ1v) is 5.96. The molecule has 0 saturated heterocycles. The summed E-state index contributed by atoms with van der Waals surface area (Å²) in [5, 5.41) is 0. The smallest absolute Gasteiger partial charge is 1.00 e. The minimum Gasteiger partial charge on any atom is -1.00 e. The molecule has 0 amide bonds. The molecule has 0 radical (unpaired) electrons. The minimum absolute atomic E-state index is 0. The van der Waals surface area contributed by atoms with Crippen molar-refractivity contribution in [3.63, 3.8) is 0 Å². The fraction of sp³-hybridized carbons (Fsp3) is 0.500. The van der Waals surface area contributed by atoms with Crippen LogP contribution in [0.2, 0.25) is 0 Å². The van der Waals surface area contributed by atoms with Gasteiger partial charge in [0.1, 0.15) is 0 Å². The summed E-state index contributed by atoms with van der Waals surface area (Å²) < 4.78 is 0.